The summed E-state index contributed by atoms with van der Waals surface area (Å²) in [5.74, 6) is 2.10. The fraction of sp³-hybridized carbons (Fsp3) is 0. The van der Waals surface area contributed by atoms with Crippen molar-refractivity contribution in [3.8, 4) is 6.07 Å². The van der Waals surface area contributed by atoms with E-state index in [0.29, 0.717) is 5.57 Å². The molecule has 17 heavy (non-hydrogen) atoms. The Balaban J connectivity index is 2.55. The van der Waals surface area contributed by atoms with Crippen molar-refractivity contribution in [2.45, 2.75) is 0 Å². The van der Waals surface area contributed by atoms with Gasteiger partial charge in [-0.1, -0.05) is 43.0 Å². The van der Waals surface area contributed by atoms with Crippen molar-refractivity contribution in [1.82, 2.24) is 0 Å². The predicted octanol–water partition coefficient (Wildman–Crippen LogP) is 3.55. The molecule has 0 unspecified atom stereocenters. The Kier molecular flexibility index (Phi) is 2.87. The van der Waals surface area contributed by atoms with E-state index in [1.54, 1.807) is 0 Å². The van der Waals surface area contributed by atoms with Crippen LogP contribution in [0.4, 0.5) is 0 Å². The molecule has 0 aliphatic rings. The molecule has 0 fully saturated rings. The summed E-state index contributed by atoms with van der Waals surface area (Å²) >= 11 is 0. The molecule has 0 saturated carbocycles. The van der Waals surface area contributed by atoms with Gasteiger partial charge < -0.3 is 0 Å². The smallest absolute Gasteiger partial charge is 0.120 e. The van der Waals surface area contributed by atoms with Crippen LogP contribution in [0.2, 0.25) is 0 Å². The number of allylic oxidation sites excluding steroid dienone is 2. The van der Waals surface area contributed by atoms with Gasteiger partial charge in [0.1, 0.15) is 11.6 Å². The maximum Gasteiger partial charge on any atom is 0.120 e. The van der Waals surface area contributed by atoms with Crippen LogP contribution in [0, 0.1) is 16.7 Å². The molecule has 0 aliphatic carbocycles. The van der Waals surface area contributed by atoms with E-state index in [2.05, 4.69) is 12.4 Å². The summed E-state index contributed by atoms with van der Waals surface area (Å²) < 4.78 is 0. The molecule has 0 bridgehead atoms. The summed E-state index contributed by atoms with van der Waals surface area (Å²) in [6.07, 6.45) is 0. The molecule has 0 atom stereocenters. The second-order valence-electron chi connectivity index (χ2n) is 3.65. The third-order valence-electron chi connectivity index (χ3n) is 2.64. The van der Waals surface area contributed by atoms with E-state index >= 15 is 0 Å². The van der Waals surface area contributed by atoms with Gasteiger partial charge in [0.15, 0.2) is 0 Å². The van der Waals surface area contributed by atoms with Crippen molar-refractivity contribution in [3.63, 3.8) is 0 Å². The zero-order valence-electron chi connectivity index (χ0n) is 9.20. The summed E-state index contributed by atoms with van der Waals surface area (Å²) in [7, 11) is 0. The number of benzene rings is 2. The van der Waals surface area contributed by atoms with E-state index in [9.17, 15) is 0 Å². The third-order valence-corrected chi connectivity index (χ3v) is 2.64. The van der Waals surface area contributed by atoms with Crippen LogP contribution in [0.3, 0.4) is 0 Å². The number of hydrogen-bond donors (Lipinski definition) is 1. The SMILES string of the molecule is C=C(C(=C=N)C#N)c1ccc2ccccc2c1. The Morgan fingerprint density at radius 3 is 2.47 bits per heavy atom. The fourth-order valence-corrected chi connectivity index (χ4v) is 1.69. The highest BCUT2D eigenvalue weighted by Gasteiger charge is 2.05. The Morgan fingerprint density at radius 1 is 1.12 bits per heavy atom. The first kappa shape index (κ1) is 10.9. The summed E-state index contributed by atoms with van der Waals surface area (Å²) in [4.78, 5) is 0. The summed E-state index contributed by atoms with van der Waals surface area (Å²) in [5, 5.41) is 18.1. The summed E-state index contributed by atoms with van der Waals surface area (Å²) in [6.45, 7) is 3.83. The third kappa shape index (κ3) is 2.01. The number of rotatable bonds is 2. The van der Waals surface area contributed by atoms with Gasteiger partial charge in [-0.15, -0.1) is 0 Å². The lowest BCUT2D eigenvalue weighted by molar-refractivity contribution is 1.50. The van der Waals surface area contributed by atoms with Gasteiger partial charge in [-0.25, -0.2) is 0 Å². The molecule has 2 aromatic carbocycles. The first-order chi connectivity index (χ1) is 8.26. The average Bonchev–Trinajstić information content (AvgIpc) is 2.39. The molecule has 0 spiro atoms. The molecule has 2 aromatic rings. The minimum atomic E-state index is 0.167. The maximum absolute atomic E-state index is 8.84. The molecular weight excluding hydrogens is 208 g/mol. The molecule has 1 N–H and O–H groups in total. The molecule has 0 saturated heterocycles. The first-order valence-corrected chi connectivity index (χ1v) is 5.14. The van der Waals surface area contributed by atoms with Crippen LogP contribution in [0.25, 0.3) is 16.3 Å². The lowest BCUT2D eigenvalue weighted by Crippen LogP contribution is -1.87. The largest absolute Gasteiger partial charge is 0.258 e. The van der Waals surface area contributed by atoms with Crippen LogP contribution in [-0.4, -0.2) is 5.87 Å². The normalized spacial score (nSPS) is 9.35. The van der Waals surface area contributed by atoms with Gasteiger partial charge in [0.2, 0.25) is 0 Å². The lowest BCUT2D eigenvalue weighted by atomic mass is 9.98. The molecule has 0 aliphatic heterocycles. The van der Waals surface area contributed by atoms with Gasteiger partial charge in [0.05, 0.1) is 0 Å². The molecule has 80 valence electrons. The van der Waals surface area contributed by atoms with E-state index in [0.717, 1.165) is 16.3 Å². The highest BCUT2D eigenvalue weighted by molar-refractivity contribution is 5.94. The number of nitrogens with one attached hydrogen (secondary N) is 1. The van der Waals surface area contributed by atoms with Gasteiger partial charge in [-0.3, -0.25) is 5.41 Å². The van der Waals surface area contributed by atoms with Gasteiger partial charge in [0.25, 0.3) is 0 Å². The van der Waals surface area contributed by atoms with Gasteiger partial charge in [0, 0.05) is 5.57 Å². The van der Waals surface area contributed by atoms with Crippen LogP contribution in [0.15, 0.2) is 54.6 Å². The summed E-state index contributed by atoms with van der Waals surface area (Å²) in [5.41, 5.74) is 1.55. The van der Waals surface area contributed by atoms with Crippen LogP contribution >= 0.6 is 0 Å². The van der Waals surface area contributed by atoms with Crippen molar-refractivity contribution in [3.05, 3.63) is 60.2 Å². The van der Waals surface area contributed by atoms with Gasteiger partial charge in [-0.05, 0) is 28.3 Å². The van der Waals surface area contributed by atoms with E-state index < -0.39 is 0 Å². The monoisotopic (exact) mass is 218 g/mol. The molecule has 0 aromatic heterocycles. The van der Waals surface area contributed by atoms with Crippen LogP contribution < -0.4 is 0 Å². The fourth-order valence-electron chi connectivity index (χ4n) is 1.69. The van der Waals surface area contributed by atoms with Crippen molar-refractivity contribution in [2.24, 2.45) is 0 Å². The van der Waals surface area contributed by atoms with Crippen molar-refractivity contribution in [1.29, 1.82) is 10.7 Å². The van der Waals surface area contributed by atoms with Gasteiger partial charge >= 0.3 is 0 Å². The quantitative estimate of drug-likeness (QED) is 0.467. The Labute approximate surface area is 99.6 Å². The van der Waals surface area contributed by atoms with Crippen LogP contribution in [-0.2, 0) is 0 Å². The number of nitrogens with zero attached hydrogens (tertiary/aromatic N) is 1. The standard InChI is InChI=1S/C15H10N2/c1-11(15(9-16)10-17)13-7-6-12-4-2-3-5-14(12)8-13/h2-8,16H,1H2. The number of nitriles is 1. The maximum atomic E-state index is 8.84. The van der Waals surface area contributed by atoms with E-state index in [1.165, 1.54) is 0 Å². The Hall–Kier alpha value is -2.62. The molecule has 2 heteroatoms. The highest BCUT2D eigenvalue weighted by atomic mass is 14.3. The highest BCUT2D eigenvalue weighted by Crippen LogP contribution is 2.23. The second-order valence-corrected chi connectivity index (χ2v) is 3.65. The molecular formula is C15H10N2. The predicted molar refractivity (Wildman–Crippen MR) is 69.8 cm³/mol. The number of hydrogen-bond acceptors (Lipinski definition) is 2. The molecule has 0 radical (unpaired) electrons. The van der Waals surface area contributed by atoms with Gasteiger partial charge in [-0.2, -0.15) is 5.26 Å². The molecule has 2 nitrogen and oxygen atoms in total. The zero-order chi connectivity index (χ0) is 12.3. The topological polar surface area (TPSA) is 47.6 Å². The minimum absolute atomic E-state index is 0.167. The van der Waals surface area contributed by atoms with Crippen molar-refractivity contribution < 1.29 is 0 Å². The molecule has 2 rings (SSSR count). The first-order valence-electron chi connectivity index (χ1n) is 5.14. The molecule has 0 amide bonds. The van der Waals surface area contributed by atoms with Crippen LogP contribution in [0.5, 0.6) is 0 Å². The number of fused-ring (bicyclic) bond motifs is 1. The van der Waals surface area contributed by atoms with Crippen LogP contribution in [0.1, 0.15) is 5.56 Å². The van der Waals surface area contributed by atoms with E-state index in [4.69, 9.17) is 10.7 Å². The van der Waals surface area contributed by atoms with Crippen molar-refractivity contribution >= 4 is 22.2 Å². The lowest BCUT2D eigenvalue weighted by Gasteiger charge is -2.04. The minimum Gasteiger partial charge on any atom is -0.258 e. The molecule has 0 heterocycles. The summed E-state index contributed by atoms with van der Waals surface area (Å²) in [6, 6.07) is 15.7. The Morgan fingerprint density at radius 2 is 1.82 bits per heavy atom. The van der Waals surface area contributed by atoms with E-state index in [1.807, 2.05) is 48.5 Å². The average molecular weight is 218 g/mol. The second kappa shape index (κ2) is 4.49. The zero-order valence-corrected chi connectivity index (χ0v) is 9.20. The van der Waals surface area contributed by atoms with E-state index in [-0.39, 0.29) is 5.57 Å². The Bertz CT molecular complexity index is 683. The van der Waals surface area contributed by atoms with Crippen molar-refractivity contribution in [2.75, 3.05) is 0 Å².